The summed E-state index contributed by atoms with van der Waals surface area (Å²) in [6.07, 6.45) is 1.15. The summed E-state index contributed by atoms with van der Waals surface area (Å²) in [4.78, 5) is 2.31. The predicted octanol–water partition coefficient (Wildman–Crippen LogP) is 9.49. The molecule has 0 N–H and O–H groups in total. The molecule has 0 atom stereocenters. The summed E-state index contributed by atoms with van der Waals surface area (Å²) in [5, 5.41) is 0. The maximum atomic E-state index is 2.31. The van der Waals surface area contributed by atoms with Gasteiger partial charge in [0.05, 0.1) is 0 Å². The molecule has 3 aromatic carbocycles. The number of hydrogen-bond donors (Lipinski definition) is 0. The monoisotopic (exact) mass is 435 g/mol. The van der Waals surface area contributed by atoms with E-state index in [0.29, 0.717) is 0 Å². The first-order valence-corrected chi connectivity index (χ1v) is 11.8. The number of nitrogens with zero attached hydrogens (tertiary/aromatic N) is 1. The molecule has 1 heteroatoms. The maximum Gasteiger partial charge on any atom is 0.0426 e. The van der Waals surface area contributed by atoms with Gasteiger partial charge in [0.2, 0.25) is 0 Å². The molecular weight excluding hydrogens is 386 g/mol. The van der Waals surface area contributed by atoms with Crippen molar-refractivity contribution >= 4 is 5.69 Å². The third-order valence-electron chi connectivity index (χ3n) is 4.87. The Labute approximate surface area is 200 Å². The summed E-state index contributed by atoms with van der Waals surface area (Å²) in [5.41, 5.74) is 9.53. The maximum absolute atomic E-state index is 2.31. The number of rotatable bonds is 4. The van der Waals surface area contributed by atoms with Gasteiger partial charge in [0.25, 0.3) is 0 Å². The molecule has 0 aliphatic heterocycles. The van der Waals surface area contributed by atoms with E-state index in [-0.39, 0.29) is 7.43 Å². The zero-order valence-electron chi connectivity index (χ0n) is 21.7. The highest BCUT2D eigenvalue weighted by Gasteiger charge is 2.05. The van der Waals surface area contributed by atoms with Crippen LogP contribution in [-0.4, -0.2) is 7.05 Å². The number of anilines is 1. The average Bonchev–Trinajstić information content (AvgIpc) is 2.77. The van der Waals surface area contributed by atoms with Crippen LogP contribution in [0.25, 0.3) is 0 Å². The van der Waals surface area contributed by atoms with Crippen LogP contribution in [0.4, 0.5) is 5.69 Å². The van der Waals surface area contributed by atoms with Crippen LogP contribution in [0.15, 0.2) is 66.7 Å². The van der Waals surface area contributed by atoms with Gasteiger partial charge in [0.1, 0.15) is 0 Å². The number of aryl methyl sites for hydroxylation is 5. The van der Waals surface area contributed by atoms with Crippen LogP contribution in [0.1, 0.15) is 75.4 Å². The van der Waals surface area contributed by atoms with Crippen molar-refractivity contribution in [3.63, 3.8) is 0 Å². The molecule has 0 bridgehead atoms. The Hall–Kier alpha value is -2.54. The Bertz CT molecular complexity index is 844. The van der Waals surface area contributed by atoms with E-state index in [0.717, 1.165) is 13.0 Å². The van der Waals surface area contributed by atoms with E-state index in [1.807, 2.05) is 27.7 Å². The molecule has 0 aromatic heterocycles. The van der Waals surface area contributed by atoms with E-state index >= 15 is 0 Å². The van der Waals surface area contributed by atoms with E-state index in [2.05, 4.69) is 113 Å². The topological polar surface area (TPSA) is 3.24 Å². The van der Waals surface area contributed by atoms with Gasteiger partial charge < -0.3 is 4.90 Å². The van der Waals surface area contributed by atoms with Crippen molar-refractivity contribution in [2.45, 2.75) is 82.7 Å². The molecule has 0 saturated carbocycles. The quantitative estimate of drug-likeness (QED) is 0.394. The zero-order chi connectivity index (χ0) is 23.8. The first kappa shape index (κ1) is 31.6. The molecule has 0 amide bonds. The standard InChI is InChI=1S/C17H21N.C9H12.2C2H6.CH4/c1-13-9-14(2)11-16(10-13)12-18(4)17-8-6-5-7-15(17)3;1-3-9-7-5-4-6-8(9)2;2*1-2;/h5-11H,12H2,1-4H3;4-7H,3H2,1-2H3;2*1-2H3;1H4. The molecule has 0 unspecified atom stereocenters. The van der Waals surface area contributed by atoms with Crippen LogP contribution in [0, 0.1) is 27.7 Å². The molecule has 1 nitrogen and oxygen atoms in total. The molecule has 32 heavy (non-hydrogen) atoms. The third-order valence-corrected chi connectivity index (χ3v) is 4.87. The summed E-state index contributed by atoms with van der Waals surface area (Å²) in [5.74, 6) is 0. The van der Waals surface area contributed by atoms with Crippen LogP contribution in [0.2, 0.25) is 0 Å². The second kappa shape index (κ2) is 18.1. The highest BCUT2D eigenvalue weighted by atomic mass is 15.1. The zero-order valence-corrected chi connectivity index (χ0v) is 21.7. The first-order valence-electron chi connectivity index (χ1n) is 11.8. The van der Waals surface area contributed by atoms with Crippen LogP contribution < -0.4 is 4.90 Å². The summed E-state index contributed by atoms with van der Waals surface area (Å²) in [6.45, 7) is 19.8. The third kappa shape index (κ3) is 11.2. The van der Waals surface area contributed by atoms with Gasteiger partial charge in [-0.05, 0) is 62.4 Å². The SMILES string of the molecule is C.CC.CC.CCc1ccccc1C.Cc1cc(C)cc(CN(C)c2ccccc2C)c1. The molecule has 0 spiro atoms. The van der Waals surface area contributed by atoms with E-state index in [1.165, 1.54) is 39.1 Å². The lowest BCUT2D eigenvalue weighted by atomic mass is 10.1. The molecule has 3 aromatic rings. The lowest BCUT2D eigenvalue weighted by Gasteiger charge is -2.22. The molecule has 0 aliphatic carbocycles. The molecule has 0 heterocycles. The van der Waals surface area contributed by atoms with Gasteiger partial charge in [0.15, 0.2) is 0 Å². The van der Waals surface area contributed by atoms with Gasteiger partial charge in [-0.15, -0.1) is 0 Å². The van der Waals surface area contributed by atoms with E-state index in [4.69, 9.17) is 0 Å². The van der Waals surface area contributed by atoms with Crippen molar-refractivity contribution in [2.75, 3.05) is 11.9 Å². The van der Waals surface area contributed by atoms with Gasteiger partial charge >= 0.3 is 0 Å². The van der Waals surface area contributed by atoms with E-state index in [1.54, 1.807) is 0 Å². The minimum Gasteiger partial charge on any atom is -0.370 e. The highest BCUT2D eigenvalue weighted by Crippen LogP contribution is 2.20. The fraction of sp³-hybridized carbons (Fsp3) is 0.419. The first-order chi connectivity index (χ1) is 14.9. The fourth-order valence-electron chi connectivity index (χ4n) is 3.52. The average molecular weight is 436 g/mol. The predicted molar refractivity (Wildman–Crippen MR) is 149 cm³/mol. The molecule has 3 rings (SSSR count). The number of hydrogen-bond acceptors (Lipinski definition) is 1. The molecular formula is C31H49N. The number of benzene rings is 3. The Kier molecular flexibility index (Phi) is 17.9. The van der Waals surface area contributed by atoms with Crippen LogP contribution in [-0.2, 0) is 13.0 Å². The van der Waals surface area contributed by atoms with Crippen molar-refractivity contribution in [3.8, 4) is 0 Å². The highest BCUT2D eigenvalue weighted by molar-refractivity contribution is 5.52. The van der Waals surface area contributed by atoms with Gasteiger partial charge in [-0.1, -0.05) is 114 Å². The Morgan fingerprint density at radius 3 is 1.56 bits per heavy atom. The minimum absolute atomic E-state index is 0. The molecule has 178 valence electrons. The van der Waals surface area contributed by atoms with Crippen molar-refractivity contribution < 1.29 is 0 Å². The molecule has 0 fully saturated rings. The summed E-state index contributed by atoms with van der Waals surface area (Å²) < 4.78 is 0. The lowest BCUT2D eigenvalue weighted by molar-refractivity contribution is 0.914. The Balaban J connectivity index is 0. The summed E-state index contributed by atoms with van der Waals surface area (Å²) in [6, 6.07) is 23.8. The lowest BCUT2D eigenvalue weighted by Crippen LogP contribution is -2.17. The van der Waals surface area contributed by atoms with E-state index < -0.39 is 0 Å². The van der Waals surface area contributed by atoms with Gasteiger partial charge in [0, 0.05) is 19.3 Å². The normalized spacial score (nSPS) is 8.94. The molecule has 0 saturated heterocycles. The van der Waals surface area contributed by atoms with Gasteiger partial charge in [-0.25, -0.2) is 0 Å². The second-order valence-electron chi connectivity index (χ2n) is 7.42. The Morgan fingerprint density at radius 1 is 0.656 bits per heavy atom. The minimum atomic E-state index is 0. The summed E-state index contributed by atoms with van der Waals surface area (Å²) in [7, 11) is 2.15. The second-order valence-corrected chi connectivity index (χ2v) is 7.42. The van der Waals surface area contributed by atoms with Crippen molar-refractivity contribution in [1.82, 2.24) is 0 Å². The van der Waals surface area contributed by atoms with Crippen molar-refractivity contribution in [2.24, 2.45) is 0 Å². The van der Waals surface area contributed by atoms with Crippen molar-refractivity contribution in [3.05, 3.63) is 100 Å². The van der Waals surface area contributed by atoms with Crippen LogP contribution in [0.5, 0.6) is 0 Å². The van der Waals surface area contributed by atoms with Gasteiger partial charge in [-0.3, -0.25) is 0 Å². The summed E-state index contributed by atoms with van der Waals surface area (Å²) >= 11 is 0. The van der Waals surface area contributed by atoms with Gasteiger partial charge in [-0.2, -0.15) is 0 Å². The van der Waals surface area contributed by atoms with Crippen LogP contribution in [0.3, 0.4) is 0 Å². The molecule has 0 aliphatic rings. The Morgan fingerprint density at radius 2 is 1.12 bits per heavy atom. The molecule has 0 radical (unpaired) electrons. The van der Waals surface area contributed by atoms with Crippen molar-refractivity contribution in [1.29, 1.82) is 0 Å². The smallest absolute Gasteiger partial charge is 0.0426 e. The van der Waals surface area contributed by atoms with E-state index in [9.17, 15) is 0 Å². The number of para-hydroxylation sites is 1. The largest absolute Gasteiger partial charge is 0.370 e. The van der Waals surface area contributed by atoms with Crippen LogP contribution >= 0.6 is 0 Å². The fourth-order valence-corrected chi connectivity index (χ4v) is 3.52.